The highest BCUT2D eigenvalue weighted by Gasteiger charge is 2.17. The summed E-state index contributed by atoms with van der Waals surface area (Å²) in [5.41, 5.74) is 2.39. The Bertz CT molecular complexity index is 1090. The highest BCUT2D eigenvalue weighted by atomic mass is 16.5. The molecule has 0 aliphatic carbocycles. The summed E-state index contributed by atoms with van der Waals surface area (Å²) < 4.78 is 17.0. The Labute approximate surface area is 187 Å². The van der Waals surface area contributed by atoms with Crippen LogP contribution in [0, 0.1) is 0 Å². The summed E-state index contributed by atoms with van der Waals surface area (Å²) in [6.45, 7) is 3.89. The van der Waals surface area contributed by atoms with E-state index in [1.807, 2.05) is 37.3 Å². The van der Waals surface area contributed by atoms with Gasteiger partial charge >= 0.3 is 0 Å². The van der Waals surface area contributed by atoms with Gasteiger partial charge in [0.15, 0.2) is 11.5 Å². The molecule has 0 saturated carbocycles. The quantitative estimate of drug-likeness (QED) is 0.529. The molecule has 1 aliphatic heterocycles. The number of pyridine rings is 1. The van der Waals surface area contributed by atoms with Crippen LogP contribution in [-0.2, 0) is 17.7 Å². The van der Waals surface area contributed by atoms with E-state index in [-0.39, 0.29) is 11.7 Å². The van der Waals surface area contributed by atoms with Crippen LogP contribution in [0.3, 0.4) is 0 Å². The van der Waals surface area contributed by atoms with Gasteiger partial charge in [-0.3, -0.25) is 4.79 Å². The lowest BCUT2D eigenvalue weighted by Gasteiger charge is -2.15. The fourth-order valence-corrected chi connectivity index (χ4v) is 3.56. The summed E-state index contributed by atoms with van der Waals surface area (Å²) in [5, 5.41) is 3.30. The topological polar surface area (TPSA) is 98.4 Å². The number of rotatable bonds is 9. The van der Waals surface area contributed by atoms with Crippen LogP contribution in [0.15, 0.2) is 47.4 Å². The molecule has 4 rings (SSSR count). The molecule has 1 unspecified atom stereocenters. The molecule has 0 amide bonds. The predicted octanol–water partition coefficient (Wildman–Crippen LogP) is 3.57. The molecule has 1 aromatic carbocycles. The number of nitrogens with zero attached hydrogens (tertiary/aromatic N) is 2. The molecule has 1 atom stereocenters. The maximum absolute atomic E-state index is 11.8. The number of aromatic amines is 1. The van der Waals surface area contributed by atoms with Crippen molar-refractivity contribution >= 4 is 5.82 Å². The van der Waals surface area contributed by atoms with Gasteiger partial charge in [-0.15, -0.1) is 0 Å². The lowest BCUT2D eigenvalue weighted by molar-refractivity contribution is 0.0669. The maximum Gasteiger partial charge on any atom is 0.251 e. The van der Waals surface area contributed by atoms with E-state index in [4.69, 9.17) is 14.2 Å². The monoisotopic (exact) mass is 436 g/mol. The van der Waals surface area contributed by atoms with E-state index in [2.05, 4.69) is 20.3 Å². The van der Waals surface area contributed by atoms with Crippen LogP contribution < -0.4 is 20.3 Å². The summed E-state index contributed by atoms with van der Waals surface area (Å²) in [7, 11) is 1.64. The van der Waals surface area contributed by atoms with Crippen molar-refractivity contribution in [3.05, 3.63) is 64.2 Å². The normalized spacial score (nSPS) is 15.5. The molecule has 0 spiro atoms. The first-order valence-corrected chi connectivity index (χ1v) is 10.9. The number of hydrogen-bond donors (Lipinski definition) is 2. The molecule has 2 aromatic heterocycles. The Balaban J connectivity index is 1.37. The first kappa shape index (κ1) is 21.8. The van der Waals surface area contributed by atoms with Crippen LogP contribution in [0.5, 0.6) is 11.5 Å². The molecule has 2 N–H and O–H groups in total. The zero-order valence-electron chi connectivity index (χ0n) is 18.4. The van der Waals surface area contributed by atoms with E-state index >= 15 is 0 Å². The molecule has 8 heteroatoms. The Kier molecular flexibility index (Phi) is 7.01. The average Bonchev–Trinajstić information content (AvgIpc) is 3.35. The second-order valence-corrected chi connectivity index (χ2v) is 7.66. The number of H-pyrrole nitrogens is 1. The van der Waals surface area contributed by atoms with Gasteiger partial charge < -0.3 is 24.5 Å². The van der Waals surface area contributed by atoms with Gasteiger partial charge in [-0.1, -0.05) is 13.0 Å². The van der Waals surface area contributed by atoms with E-state index in [1.54, 1.807) is 13.3 Å². The number of nitrogens with one attached hydrogen (secondary N) is 2. The highest BCUT2D eigenvalue weighted by molar-refractivity contribution is 5.56. The van der Waals surface area contributed by atoms with Gasteiger partial charge in [0.05, 0.1) is 13.2 Å². The predicted molar refractivity (Wildman–Crippen MR) is 122 cm³/mol. The molecule has 1 aliphatic rings. The Morgan fingerprint density at radius 1 is 1.22 bits per heavy atom. The molecule has 1 fully saturated rings. The summed E-state index contributed by atoms with van der Waals surface area (Å²) >= 11 is 0. The maximum atomic E-state index is 11.8. The summed E-state index contributed by atoms with van der Waals surface area (Å²) in [4.78, 5) is 23.5. The first-order chi connectivity index (χ1) is 15.6. The van der Waals surface area contributed by atoms with Crippen molar-refractivity contribution in [2.75, 3.05) is 25.6 Å². The minimum atomic E-state index is -0.161. The Hall–Kier alpha value is -3.39. The van der Waals surface area contributed by atoms with Crippen molar-refractivity contribution in [1.82, 2.24) is 15.0 Å². The van der Waals surface area contributed by atoms with Gasteiger partial charge in [-0.05, 0) is 49.1 Å². The molecular weight excluding hydrogens is 408 g/mol. The molecular formula is C24H28N4O4. The summed E-state index contributed by atoms with van der Waals surface area (Å²) in [6.07, 6.45) is 4.68. The molecule has 0 bridgehead atoms. The number of benzene rings is 1. The van der Waals surface area contributed by atoms with Gasteiger partial charge in [-0.2, -0.15) is 0 Å². The Morgan fingerprint density at radius 2 is 2.12 bits per heavy atom. The van der Waals surface area contributed by atoms with Gasteiger partial charge in [0.25, 0.3) is 5.56 Å². The third-order valence-electron chi connectivity index (χ3n) is 5.34. The second-order valence-electron chi connectivity index (χ2n) is 7.66. The molecule has 1 saturated heterocycles. The lowest BCUT2D eigenvalue weighted by atomic mass is 10.2. The minimum absolute atomic E-state index is 0.160. The van der Waals surface area contributed by atoms with E-state index < -0.39 is 0 Å². The van der Waals surface area contributed by atoms with Gasteiger partial charge in [-0.25, -0.2) is 9.97 Å². The molecule has 8 nitrogen and oxygen atoms in total. The van der Waals surface area contributed by atoms with E-state index in [1.165, 1.54) is 6.07 Å². The number of aromatic nitrogens is 3. The Morgan fingerprint density at radius 3 is 2.84 bits per heavy atom. The van der Waals surface area contributed by atoms with Crippen molar-refractivity contribution in [3.8, 4) is 22.9 Å². The third-order valence-corrected chi connectivity index (χ3v) is 5.34. The third kappa shape index (κ3) is 5.45. The standard InChI is InChI=1S/C24H28N4O4/c1-3-18-12-23(29)28-24(27-18)17-7-9-22(26-14-17)25-13-16-6-8-20(21(11-16)30-2)32-15-19-5-4-10-31-19/h6-9,11-12,14,19H,3-5,10,13,15H2,1-2H3,(H,25,26)(H,27,28,29). The smallest absolute Gasteiger partial charge is 0.251 e. The van der Waals surface area contributed by atoms with Crippen molar-refractivity contribution in [1.29, 1.82) is 0 Å². The van der Waals surface area contributed by atoms with Crippen LogP contribution in [0.2, 0.25) is 0 Å². The van der Waals surface area contributed by atoms with E-state index in [0.717, 1.165) is 42.1 Å². The number of hydrogen-bond acceptors (Lipinski definition) is 7. The van der Waals surface area contributed by atoms with Crippen molar-refractivity contribution < 1.29 is 14.2 Å². The lowest BCUT2D eigenvalue weighted by Crippen LogP contribution is -2.16. The fraction of sp³-hybridized carbons (Fsp3) is 0.375. The average molecular weight is 437 g/mol. The fourth-order valence-electron chi connectivity index (χ4n) is 3.56. The zero-order valence-corrected chi connectivity index (χ0v) is 18.4. The number of anilines is 1. The summed E-state index contributed by atoms with van der Waals surface area (Å²) in [5.74, 6) is 2.65. The van der Waals surface area contributed by atoms with Crippen LogP contribution in [-0.4, -0.2) is 41.4 Å². The molecule has 3 heterocycles. The van der Waals surface area contributed by atoms with Crippen molar-refractivity contribution in [3.63, 3.8) is 0 Å². The second kappa shape index (κ2) is 10.3. The number of aryl methyl sites for hydroxylation is 1. The first-order valence-electron chi connectivity index (χ1n) is 10.9. The number of methoxy groups -OCH3 is 1. The molecule has 0 radical (unpaired) electrons. The van der Waals surface area contributed by atoms with Crippen LogP contribution in [0.25, 0.3) is 11.4 Å². The van der Waals surface area contributed by atoms with Crippen LogP contribution in [0.4, 0.5) is 5.82 Å². The van der Waals surface area contributed by atoms with Crippen molar-refractivity contribution in [2.24, 2.45) is 0 Å². The van der Waals surface area contributed by atoms with Gasteiger partial charge in [0.2, 0.25) is 0 Å². The molecule has 3 aromatic rings. The molecule has 32 heavy (non-hydrogen) atoms. The highest BCUT2D eigenvalue weighted by Crippen LogP contribution is 2.29. The van der Waals surface area contributed by atoms with Crippen LogP contribution >= 0.6 is 0 Å². The number of ether oxygens (including phenoxy) is 3. The van der Waals surface area contributed by atoms with E-state index in [9.17, 15) is 4.79 Å². The SMILES string of the molecule is CCc1cc(=O)[nH]c(-c2ccc(NCc3ccc(OCC4CCCO4)c(OC)c3)nc2)n1. The largest absolute Gasteiger partial charge is 0.493 e. The van der Waals surface area contributed by atoms with Crippen molar-refractivity contribution in [2.45, 2.75) is 38.8 Å². The van der Waals surface area contributed by atoms with Gasteiger partial charge in [0, 0.05) is 36.7 Å². The van der Waals surface area contributed by atoms with Crippen LogP contribution in [0.1, 0.15) is 31.0 Å². The van der Waals surface area contributed by atoms with E-state index in [0.29, 0.717) is 36.9 Å². The van der Waals surface area contributed by atoms with Gasteiger partial charge in [0.1, 0.15) is 18.2 Å². The zero-order chi connectivity index (χ0) is 22.3. The minimum Gasteiger partial charge on any atom is -0.493 e. The summed E-state index contributed by atoms with van der Waals surface area (Å²) in [6, 6.07) is 11.1. The molecule has 168 valence electrons.